The second-order valence-corrected chi connectivity index (χ2v) is 7.52. The first-order valence-corrected chi connectivity index (χ1v) is 9.94. The molecule has 0 aromatic rings. The van der Waals surface area contributed by atoms with E-state index in [9.17, 15) is 4.79 Å². The normalized spacial score (nSPS) is 16.5. The number of nitrogens with zero attached hydrogens (tertiary/aromatic N) is 1. The molecule has 0 fully saturated rings. The number of rotatable bonds is 6. The number of carbonyl (C=O) groups excluding carboxylic acids is 1. The van der Waals surface area contributed by atoms with Gasteiger partial charge in [-0.25, -0.2) is 4.79 Å². The number of unbranched alkanes of at least 4 members (excludes halogenated alkanes) is 2. The predicted octanol–water partition coefficient (Wildman–Crippen LogP) is 6.18. The summed E-state index contributed by atoms with van der Waals surface area (Å²) in [5.74, 6) is -0.206. The molecule has 1 atom stereocenters. The van der Waals surface area contributed by atoms with Crippen LogP contribution in [-0.2, 0) is 11.2 Å². The summed E-state index contributed by atoms with van der Waals surface area (Å²) in [6.45, 7) is 13.3. The van der Waals surface area contributed by atoms with Gasteiger partial charge in [0.05, 0.1) is 18.2 Å². The van der Waals surface area contributed by atoms with Crippen molar-refractivity contribution >= 4 is 11.5 Å². The van der Waals surface area contributed by atoms with E-state index in [0.717, 1.165) is 12.0 Å². The maximum absolute atomic E-state index is 12.4. The molecular weight excluding hydrogens is 322 g/mol. The van der Waals surface area contributed by atoms with Crippen LogP contribution in [0.3, 0.4) is 0 Å². The standard InChI is InChI=1S/C23H31NO2/c1-7-9-10-11-20-22-16(5)19(23(25)26-8-2)12-18(22)13-21-15(4)14(3)17(6)24(20)21/h12-13,17H,7-11H2,1-6H3. The first kappa shape index (κ1) is 18.8. The lowest BCUT2D eigenvalue weighted by atomic mass is 9.98. The topological polar surface area (TPSA) is 31.2 Å². The van der Waals surface area contributed by atoms with Gasteiger partial charge in [-0.05, 0) is 81.9 Å². The number of carbonyl (C=O) groups is 1. The largest absolute Gasteiger partial charge is 0.462 e. The van der Waals surface area contributed by atoms with Gasteiger partial charge in [-0.3, -0.25) is 0 Å². The molecule has 26 heavy (non-hydrogen) atoms. The van der Waals surface area contributed by atoms with E-state index in [1.54, 1.807) is 0 Å². The van der Waals surface area contributed by atoms with E-state index in [-0.39, 0.29) is 5.97 Å². The molecular formula is C23H31NO2. The minimum absolute atomic E-state index is 0.206. The lowest BCUT2D eigenvalue weighted by molar-refractivity contribution is 0.0526. The van der Waals surface area contributed by atoms with Gasteiger partial charge in [-0.1, -0.05) is 19.8 Å². The van der Waals surface area contributed by atoms with Crippen molar-refractivity contribution in [3.63, 3.8) is 0 Å². The van der Waals surface area contributed by atoms with Gasteiger partial charge in [0.15, 0.2) is 0 Å². The van der Waals surface area contributed by atoms with E-state index < -0.39 is 0 Å². The highest BCUT2D eigenvalue weighted by atomic mass is 16.5. The fraction of sp³-hybridized carbons (Fsp3) is 0.522. The summed E-state index contributed by atoms with van der Waals surface area (Å²) >= 11 is 0. The highest BCUT2D eigenvalue weighted by Crippen LogP contribution is 2.44. The third-order valence-corrected chi connectivity index (χ3v) is 6.00. The Morgan fingerprint density at radius 1 is 1.15 bits per heavy atom. The van der Waals surface area contributed by atoms with Gasteiger partial charge in [-0.2, -0.15) is 0 Å². The monoisotopic (exact) mass is 353 g/mol. The third-order valence-electron chi connectivity index (χ3n) is 6.00. The zero-order valence-electron chi connectivity index (χ0n) is 17.0. The number of pyridine rings is 1. The fourth-order valence-corrected chi connectivity index (χ4v) is 4.32. The van der Waals surface area contributed by atoms with Crippen molar-refractivity contribution in [1.29, 1.82) is 0 Å². The lowest BCUT2D eigenvalue weighted by Gasteiger charge is -2.23. The molecule has 0 saturated heterocycles. The Labute approximate surface area is 157 Å². The van der Waals surface area contributed by atoms with Crippen LogP contribution < -0.4 is 0 Å². The molecule has 0 spiro atoms. The second-order valence-electron chi connectivity index (χ2n) is 7.52. The average Bonchev–Trinajstić information content (AvgIpc) is 3.06. The molecule has 0 aromatic heterocycles. The first-order valence-electron chi connectivity index (χ1n) is 9.94. The van der Waals surface area contributed by atoms with Gasteiger partial charge in [0.25, 0.3) is 0 Å². The van der Waals surface area contributed by atoms with E-state index in [1.165, 1.54) is 52.9 Å². The Balaban J connectivity index is 2.22. The highest BCUT2D eigenvalue weighted by Gasteiger charge is 2.30. The summed E-state index contributed by atoms with van der Waals surface area (Å²) < 4.78 is 7.79. The number of ether oxygens (including phenoxy) is 1. The Morgan fingerprint density at radius 2 is 1.88 bits per heavy atom. The molecule has 0 aromatic carbocycles. The zero-order valence-corrected chi connectivity index (χ0v) is 17.0. The van der Waals surface area contributed by atoms with Gasteiger partial charge in [0.2, 0.25) is 0 Å². The Bertz CT molecular complexity index is 841. The Hall–Kier alpha value is -2.03. The quantitative estimate of drug-likeness (QED) is 0.459. The second kappa shape index (κ2) is 7.30. The van der Waals surface area contributed by atoms with E-state index >= 15 is 0 Å². The van der Waals surface area contributed by atoms with Crippen LogP contribution in [0.2, 0.25) is 0 Å². The van der Waals surface area contributed by atoms with Crippen LogP contribution in [-0.4, -0.2) is 17.1 Å². The molecule has 1 unspecified atom stereocenters. The summed E-state index contributed by atoms with van der Waals surface area (Å²) in [6.07, 6.45) is 4.67. The van der Waals surface area contributed by atoms with Crippen molar-refractivity contribution in [2.24, 2.45) is 0 Å². The smallest absolute Gasteiger partial charge is 0.338 e. The van der Waals surface area contributed by atoms with Crippen LogP contribution >= 0.6 is 0 Å². The Kier molecular flexibility index (Phi) is 5.27. The number of hydrogen-bond acceptors (Lipinski definition) is 2. The maximum Gasteiger partial charge on any atom is 0.338 e. The van der Waals surface area contributed by atoms with Gasteiger partial charge in [0, 0.05) is 17.0 Å². The van der Waals surface area contributed by atoms with E-state index in [1.807, 2.05) is 13.0 Å². The van der Waals surface area contributed by atoms with Crippen LogP contribution in [0.4, 0.5) is 0 Å². The van der Waals surface area contributed by atoms with Crippen LogP contribution in [0, 0.1) is 6.92 Å². The predicted molar refractivity (Wildman–Crippen MR) is 108 cm³/mol. The average molecular weight is 354 g/mol. The van der Waals surface area contributed by atoms with E-state index in [4.69, 9.17) is 4.74 Å². The van der Waals surface area contributed by atoms with Gasteiger partial charge in [-0.15, -0.1) is 0 Å². The summed E-state index contributed by atoms with van der Waals surface area (Å²) in [6, 6.07) is 4.67. The molecule has 2 heterocycles. The van der Waals surface area contributed by atoms with Crippen molar-refractivity contribution < 1.29 is 9.53 Å². The first-order chi connectivity index (χ1) is 12.4. The maximum atomic E-state index is 12.4. The molecule has 0 bridgehead atoms. The molecule has 3 heteroatoms. The number of fused-ring (bicyclic) bond motifs is 2. The molecule has 3 nitrogen and oxygen atoms in total. The van der Waals surface area contributed by atoms with Crippen molar-refractivity contribution in [1.82, 2.24) is 4.57 Å². The van der Waals surface area contributed by atoms with Gasteiger partial charge >= 0.3 is 5.97 Å². The van der Waals surface area contributed by atoms with E-state index in [2.05, 4.69) is 45.3 Å². The lowest BCUT2D eigenvalue weighted by Crippen LogP contribution is -2.13. The van der Waals surface area contributed by atoms with Crippen LogP contribution in [0.5, 0.6) is 0 Å². The summed E-state index contributed by atoms with van der Waals surface area (Å²) in [5, 5.41) is 0. The molecule has 0 saturated carbocycles. The molecule has 3 aliphatic rings. The van der Waals surface area contributed by atoms with Gasteiger partial charge < -0.3 is 9.30 Å². The molecule has 1 aliphatic carbocycles. The van der Waals surface area contributed by atoms with E-state index in [0.29, 0.717) is 18.2 Å². The summed E-state index contributed by atoms with van der Waals surface area (Å²) in [5.41, 5.74) is 9.69. The van der Waals surface area contributed by atoms with Crippen molar-refractivity contribution in [2.45, 2.75) is 73.3 Å². The zero-order chi connectivity index (χ0) is 19.0. The molecule has 0 radical (unpaired) electrons. The highest BCUT2D eigenvalue weighted by molar-refractivity contribution is 5.98. The number of aromatic nitrogens is 1. The SMILES string of the molecule is CCCCCc1c2c(C)c(C(=O)OCC)cc-2cc2n1C(C)C(C)=C2C. The fourth-order valence-electron chi connectivity index (χ4n) is 4.32. The molecule has 140 valence electrons. The number of hydrogen-bond donors (Lipinski definition) is 0. The van der Waals surface area contributed by atoms with Crippen molar-refractivity contribution in [3.8, 4) is 11.1 Å². The summed E-state index contributed by atoms with van der Waals surface area (Å²) in [7, 11) is 0. The van der Waals surface area contributed by atoms with Crippen molar-refractivity contribution in [2.75, 3.05) is 6.61 Å². The minimum atomic E-state index is -0.206. The summed E-state index contributed by atoms with van der Waals surface area (Å²) in [4.78, 5) is 12.4. The third kappa shape index (κ3) is 2.87. The molecule has 3 rings (SSSR count). The number of allylic oxidation sites excluding steroid dienone is 2. The minimum Gasteiger partial charge on any atom is -0.462 e. The van der Waals surface area contributed by atoms with Crippen LogP contribution in [0.1, 0.15) is 87.2 Å². The molecule has 0 amide bonds. The Morgan fingerprint density at radius 3 is 2.54 bits per heavy atom. The van der Waals surface area contributed by atoms with Gasteiger partial charge in [0.1, 0.15) is 0 Å². The van der Waals surface area contributed by atoms with Crippen LogP contribution in [0.15, 0.2) is 17.7 Å². The molecule has 2 aliphatic heterocycles. The number of esters is 1. The molecule has 0 N–H and O–H groups in total. The van der Waals surface area contributed by atoms with Crippen molar-refractivity contribution in [3.05, 3.63) is 40.2 Å². The van der Waals surface area contributed by atoms with Crippen LogP contribution in [0.25, 0.3) is 16.7 Å².